The van der Waals surface area contributed by atoms with Crippen molar-refractivity contribution in [2.75, 3.05) is 0 Å². The van der Waals surface area contributed by atoms with E-state index in [1.165, 1.54) is 0 Å². The van der Waals surface area contributed by atoms with E-state index in [0.29, 0.717) is 17.5 Å². The highest BCUT2D eigenvalue weighted by Gasteiger charge is 2.18. The first kappa shape index (κ1) is 22.2. The summed E-state index contributed by atoms with van der Waals surface area (Å²) in [5, 5.41) is 4.19. The van der Waals surface area contributed by atoms with Gasteiger partial charge in [0, 0.05) is 37.1 Å². The molecule has 0 radical (unpaired) electrons. The van der Waals surface area contributed by atoms with Gasteiger partial charge in [0.1, 0.15) is 22.3 Å². The van der Waals surface area contributed by atoms with Crippen LogP contribution in [0.25, 0.3) is 78.0 Å². The quantitative estimate of drug-likeness (QED) is 0.212. The highest BCUT2D eigenvalue weighted by Crippen LogP contribution is 2.37. The Labute approximate surface area is 230 Å². The molecule has 0 saturated carbocycles. The van der Waals surface area contributed by atoms with Gasteiger partial charge in [-0.05, 0) is 42.5 Å². The van der Waals surface area contributed by atoms with E-state index >= 15 is 0 Å². The van der Waals surface area contributed by atoms with Crippen LogP contribution < -0.4 is 0 Å². The third-order valence-corrected chi connectivity index (χ3v) is 7.50. The van der Waals surface area contributed by atoms with Crippen LogP contribution in [0.15, 0.2) is 123 Å². The van der Waals surface area contributed by atoms with Gasteiger partial charge in [-0.3, -0.25) is 0 Å². The minimum atomic E-state index is 0.553. The molecule has 0 spiro atoms. The Bertz CT molecular complexity index is 2200. The van der Waals surface area contributed by atoms with E-state index in [2.05, 4.69) is 40.2 Å². The molecule has 0 fully saturated rings. The van der Waals surface area contributed by atoms with Crippen molar-refractivity contribution in [2.24, 2.45) is 0 Å². The maximum Gasteiger partial charge on any atom is 0.167 e. The average Bonchev–Trinajstić information content (AvgIpc) is 3.55. The van der Waals surface area contributed by atoms with E-state index in [1.807, 2.05) is 84.9 Å². The summed E-state index contributed by atoms with van der Waals surface area (Å²) in [6.45, 7) is 0. The number of hydrogen-bond acceptors (Lipinski definition) is 5. The molecule has 39 heavy (non-hydrogen) atoms. The summed E-state index contributed by atoms with van der Waals surface area (Å²) in [4.78, 5) is 14.8. The van der Waals surface area contributed by atoms with Gasteiger partial charge in [-0.2, -0.15) is 0 Å². The largest absolute Gasteiger partial charge is 0.456 e. The molecule has 0 amide bonds. The van der Waals surface area contributed by atoms with Crippen molar-refractivity contribution in [3.05, 3.63) is 114 Å². The fraction of sp³-hybridized carbons (Fsp3) is 0. The van der Waals surface area contributed by atoms with Crippen molar-refractivity contribution < 1.29 is 8.83 Å². The molecule has 0 aliphatic rings. The molecule has 0 bridgehead atoms. The number of rotatable bonds is 3. The van der Waals surface area contributed by atoms with E-state index in [1.54, 1.807) is 0 Å². The number of aromatic nitrogens is 3. The van der Waals surface area contributed by atoms with Gasteiger partial charge in [-0.15, -0.1) is 0 Å². The van der Waals surface area contributed by atoms with Crippen LogP contribution in [0.2, 0.25) is 0 Å². The number of fused-ring (bicyclic) bond motifs is 6. The van der Waals surface area contributed by atoms with Gasteiger partial charge in [0.2, 0.25) is 0 Å². The number of para-hydroxylation sites is 2. The molecule has 3 aromatic heterocycles. The Hall–Kier alpha value is -4.81. The van der Waals surface area contributed by atoms with E-state index < -0.39 is 0 Å². The minimum absolute atomic E-state index is 0.553. The van der Waals surface area contributed by atoms with Crippen molar-refractivity contribution in [1.29, 1.82) is 0 Å². The highest BCUT2D eigenvalue weighted by atomic mass is 79.9. The Morgan fingerprint density at radius 1 is 0.462 bits per heavy atom. The number of halogens is 1. The molecule has 5 aromatic carbocycles. The first-order valence-electron chi connectivity index (χ1n) is 12.6. The zero-order valence-corrected chi connectivity index (χ0v) is 22.0. The Balaban J connectivity index is 1.37. The number of benzene rings is 5. The topological polar surface area (TPSA) is 65.0 Å². The lowest BCUT2D eigenvalue weighted by atomic mass is 10.1. The van der Waals surface area contributed by atoms with Crippen LogP contribution in [0, 0.1) is 0 Å². The summed E-state index contributed by atoms with van der Waals surface area (Å²) in [5.74, 6) is 1.71. The van der Waals surface area contributed by atoms with Crippen molar-refractivity contribution in [3.8, 4) is 34.2 Å². The summed E-state index contributed by atoms with van der Waals surface area (Å²) < 4.78 is 13.5. The van der Waals surface area contributed by atoms with Crippen LogP contribution in [0.5, 0.6) is 0 Å². The minimum Gasteiger partial charge on any atom is -0.456 e. The fourth-order valence-electron chi connectivity index (χ4n) is 5.15. The normalized spacial score (nSPS) is 11.7. The molecule has 0 saturated heterocycles. The van der Waals surface area contributed by atoms with Crippen LogP contribution in [0.4, 0.5) is 0 Å². The zero-order chi connectivity index (χ0) is 25.9. The third kappa shape index (κ3) is 3.64. The summed E-state index contributed by atoms with van der Waals surface area (Å²) in [6.07, 6.45) is 0. The van der Waals surface area contributed by atoms with Crippen LogP contribution in [0.3, 0.4) is 0 Å². The van der Waals surface area contributed by atoms with Crippen LogP contribution in [-0.4, -0.2) is 15.0 Å². The molecule has 8 aromatic rings. The van der Waals surface area contributed by atoms with E-state index in [9.17, 15) is 0 Å². The standard InChI is InChI=1S/C33H18BrN3O2/c34-21-14-16-28-26(18-21)23-15-13-20(17-29(23)38-28)32-35-31(19-7-2-1-3-8-19)36-33(37-32)25-11-6-10-24-22-9-4-5-12-27(22)39-30(24)25/h1-18H. The fourth-order valence-corrected chi connectivity index (χ4v) is 5.51. The van der Waals surface area contributed by atoms with Crippen LogP contribution in [-0.2, 0) is 0 Å². The summed E-state index contributed by atoms with van der Waals surface area (Å²) in [6, 6.07) is 36.2. The Morgan fingerprint density at radius 3 is 2.08 bits per heavy atom. The molecule has 6 heteroatoms. The zero-order valence-electron chi connectivity index (χ0n) is 20.4. The van der Waals surface area contributed by atoms with Gasteiger partial charge in [-0.1, -0.05) is 82.7 Å². The monoisotopic (exact) mass is 567 g/mol. The third-order valence-electron chi connectivity index (χ3n) is 7.00. The summed E-state index contributed by atoms with van der Waals surface area (Å²) in [5.41, 5.74) is 5.78. The lowest BCUT2D eigenvalue weighted by molar-refractivity contribution is 0.668. The Morgan fingerprint density at radius 2 is 1.18 bits per heavy atom. The van der Waals surface area contributed by atoms with Crippen LogP contribution >= 0.6 is 15.9 Å². The van der Waals surface area contributed by atoms with Gasteiger partial charge in [0.15, 0.2) is 17.5 Å². The SMILES string of the molecule is Brc1ccc2oc3cc(-c4nc(-c5ccccc5)nc(-c5cccc6c5oc5ccccc56)n4)ccc3c2c1. The predicted molar refractivity (Wildman–Crippen MR) is 158 cm³/mol. The number of hydrogen-bond donors (Lipinski definition) is 0. The maximum atomic E-state index is 6.31. The first-order valence-corrected chi connectivity index (χ1v) is 13.3. The molecule has 3 heterocycles. The second-order valence-corrected chi connectivity index (χ2v) is 10.3. The molecule has 5 nitrogen and oxygen atoms in total. The predicted octanol–water partition coefficient (Wildman–Crippen LogP) is 9.43. The van der Waals surface area contributed by atoms with Gasteiger partial charge in [0.25, 0.3) is 0 Å². The van der Waals surface area contributed by atoms with Gasteiger partial charge >= 0.3 is 0 Å². The van der Waals surface area contributed by atoms with E-state index in [0.717, 1.165) is 65.0 Å². The molecular weight excluding hydrogens is 550 g/mol. The molecule has 0 aliphatic heterocycles. The van der Waals surface area contributed by atoms with Crippen molar-refractivity contribution in [3.63, 3.8) is 0 Å². The highest BCUT2D eigenvalue weighted by molar-refractivity contribution is 9.10. The lowest BCUT2D eigenvalue weighted by Gasteiger charge is -2.08. The summed E-state index contributed by atoms with van der Waals surface area (Å²) in [7, 11) is 0. The van der Waals surface area contributed by atoms with E-state index in [-0.39, 0.29) is 0 Å². The molecule has 0 aliphatic carbocycles. The molecule has 8 rings (SSSR count). The first-order chi connectivity index (χ1) is 19.2. The average molecular weight is 568 g/mol. The number of furan rings is 2. The Kier molecular flexibility index (Phi) is 4.90. The maximum absolute atomic E-state index is 6.31. The molecule has 184 valence electrons. The molecule has 0 unspecified atom stereocenters. The second-order valence-electron chi connectivity index (χ2n) is 9.41. The summed E-state index contributed by atoms with van der Waals surface area (Å²) >= 11 is 3.57. The smallest absolute Gasteiger partial charge is 0.167 e. The molecular formula is C33H18BrN3O2. The second kappa shape index (κ2) is 8.61. The van der Waals surface area contributed by atoms with E-state index in [4.69, 9.17) is 23.8 Å². The van der Waals surface area contributed by atoms with Gasteiger partial charge in [-0.25, -0.2) is 15.0 Å². The molecule has 0 N–H and O–H groups in total. The van der Waals surface area contributed by atoms with Crippen molar-refractivity contribution in [2.45, 2.75) is 0 Å². The molecule has 0 atom stereocenters. The van der Waals surface area contributed by atoms with Gasteiger partial charge in [0.05, 0.1) is 5.56 Å². The van der Waals surface area contributed by atoms with Crippen molar-refractivity contribution in [1.82, 2.24) is 15.0 Å². The van der Waals surface area contributed by atoms with Crippen molar-refractivity contribution >= 4 is 59.8 Å². The van der Waals surface area contributed by atoms with Gasteiger partial charge < -0.3 is 8.83 Å². The lowest BCUT2D eigenvalue weighted by Crippen LogP contribution is -2.00. The number of nitrogens with zero attached hydrogens (tertiary/aromatic N) is 3. The van der Waals surface area contributed by atoms with Crippen LogP contribution in [0.1, 0.15) is 0 Å².